The number of benzene rings is 1. The fourth-order valence-electron chi connectivity index (χ4n) is 3.06. The van der Waals surface area contributed by atoms with Crippen molar-refractivity contribution in [2.45, 2.75) is 25.3 Å². The molecule has 4 rings (SSSR count). The molecule has 2 heterocycles. The van der Waals surface area contributed by atoms with Crippen LogP contribution in [0.15, 0.2) is 30.6 Å². The molecule has 0 unspecified atom stereocenters. The van der Waals surface area contributed by atoms with E-state index in [4.69, 9.17) is 4.74 Å². The fourth-order valence-corrected chi connectivity index (χ4v) is 3.06. The molecule has 2 fully saturated rings. The number of carbonyl (C=O) groups excluding carboxylic acids is 2. The number of hydrogen-bond acceptors (Lipinski definition) is 5. The largest absolute Gasteiger partial charge is 0.497 e. The highest BCUT2D eigenvalue weighted by Crippen LogP contribution is 2.36. The van der Waals surface area contributed by atoms with Crippen molar-refractivity contribution in [1.29, 1.82) is 0 Å². The minimum Gasteiger partial charge on any atom is -0.497 e. The monoisotopic (exact) mass is 341 g/mol. The first-order valence-corrected chi connectivity index (χ1v) is 8.30. The van der Waals surface area contributed by atoms with Gasteiger partial charge in [0.1, 0.15) is 12.1 Å². The summed E-state index contributed by atoms with van der Waals surface area (Å²) < 4.78 is 7.01. The molecular formula is C17H19N5O3. The second kappa shape index (κ2) is 6.19. The third-order valence-electron chi connectivity index (χ3n) is 4.63. The molecule has 1 aromatic carbocycles. The molecule has 8 nitrogen and oxygen atoms in total. The first-order valence-electron chi connectivity index (χ1n) is 8.30. The maximum Gasteiger partial charge on any atom is 0.232 e. The van der Waals surface area contributed by atoms with Crippen molar-refractivity contribution in [2.75, 3.05) is 23.9 Å². The summed E-state index contributed by atoms with van der Waals surface area (Å²) in [6, 6.07) is 7.62. The topological polar surface area (TPSA) is 89.3 Å². The number of nitrogens with zero attached hydrogens (tertiary/aromatic N) is 4. The van der Waals surface area contributed by atoms with Gasteiger partial charge in [0, 0.05) is 24.7 Å². The molecule has 1 aliphatic heterocycles. The molecule has 130 valence electrons. The van der Waals surface area contributed by atoms with Crippen molar-refractivity contribution < 1.29 is 14.3 Å². The first kappa shape index (κ1) is 15.6. The van der Waals surface area contributed by atoms with E-state index in [1.54, 1.807) is 30.5 Å². The molecule has 2 aliphatic rings. The van der Waals surface area contributed by atoms with Gasteiger partial charge >= 0.3 is 0 Å². The normalized spacial score (nSPS) is 20.0. The molecule has 2 aromatic rings. The maximum absolute atomic E-state index is 12.5. The van der Waals surface area contributed by atoms with Gasteiger partial charge in [-0.25, -0.2) is 0 Å². The lowest BCUT2D eigenvalue weighted by atomic mass is 10.1. The van der Waals surface area contributed by atoms with Gasteiger partial charge in [0.05, 0.1) is 13.0 Å². The van der Waals surface area contributed by atoms with Crippen LogP contribution >= 0.6 is 0 Å². The maximum atomic E-state index is 12.5. The van der Waals surface area contributed by atoms with E-state index < -0.39 is 5.92 Å². The highest BCUT2D eigenvalue weighted by Gasteiger charge is 2.36. The Morgan fingerprint density at radius 1 is 1.28 bits per heavy atom. The second-order valence-electron chi connectivity index (χ2n) is 6.39. The summed E-state index contributed by atoms with van der Waals surface area (Å²) in [6.07, 6.45) is 3.98. The van der Waals surface area contributed by atoms with Crippen LogP contribution in [0.3, 0.4) is 0 Å². The van der Waals surface area contributed by atoms with Crippen LogP contribution in [0.5, 0.6) is 5.75 Å². The van der Waals surface area contributed by atoms with Gasteiger partial charge < -0.3 is 9.64 Å². The summed E-state index contributed by atoms with van der Waals surface area (Å²) in [5.74, 6) is 0.527. The number of amides is 2. The van der Waals surface area contributed by atoms with Crippen LogP contribution in [0.2, 0.25) is 0 Å². The molecule has 1 saturated heterocycles. The van der Waals surface area contributed by atoms with Crippen LogP contribution in [0.4, 0.5) is 11.6 Å². The van der Waals surface area contributed by atoms with Crippen molar-refractivity contribution in [3.63, 3.8) is 0 Å². The third kappa shape index (κ3) is 3.07. The number of rotatable bonds is 5. The van der Waals surface area contributed by atoms with Gasteiger partial charge in [-0.1, -0.05) is 0 Å². The summed E-state index contributed by atoms with van der Waals surface area (Å²) >= 11 is 0. The number of hydrogen-bond donors (Lipinski definition) is 1. The number of anilines is 2. The van der Waals surface area contributed by atoms with E-state index >= 15 is 0 Å². The van der Waals surface area contributed by atoms with Gasteiger partial charge in [-0.3, -0.25) is 19.5 Å². The number of methoxy groups -OCH3 is 1. The average Bonchev–Trinajstić information content (AvgIpc) is 3.24. The summed E-state index contributed by atoms with van der Waals surface area (Å²) in [4.78, 5) is 26.5. The zero-order valence-electron chi connectivity index (χ0n) is 13.9. The van der Waals surface area contributed by atoms with E-state index in [2.05, 4.69) is 15.5 Å². The fraction of sp³-hybridized carbons (Fsp3) is 0.412. The van der Waals surface area contributed by atoms with Gasteiger partial charge in [0.15, 0.2) is 0 Å². The Kier molecular flexibility index (Phi) is 3.87. The van der Waals surface area contributed by atoms with E-state index in [-0.39, 0.29) is 18.2 Å². The molecule has 1 aromatic heterocycles. The van der Waals surface area contributed by atoms with Gasteiger partial charge in [-0.05, 0) is 37.1 Å². The minimum atomic E-state index is -0.404. The Morgan fingerprint density at radius 3 is 2.72 bits per heavy atom. The summed E-state index contributed by atoms with van der Waals surface area (Å²) in [7, 11) is 1.59. The Morgan fingerprint density at radius 2 is 2.04 bits per heavy atom. The standard InChI is InChI=1S/C17H19N5O3/c1-25-14-6-4-12(5-7-14)21-9-11(8-15(21)23)16(24)19-17-20-18-10-22(17)13-2-3-13/h4-7,10-11,13H,2-3,8-9H2,1H3,(H,19,20,24)/t11-/m1/s1. The van der Waals surface area contributed by atoms with Crippen LogP contribution in [-0.2, 0) is 9.59 Å². The highest BCUT2D eigenvalue weighted by molar-refractivity contribution is 6.03. The lowest BCUT2D eigenvalue weighted by Crippen LogP contribution is -2.28. The predicted molar refractivity (Wildman–Crippen MR) is 90.4 cm³/mol. The number of aromatic nitrogens is 3. The van der Waals surface area contributed by atoms with Crippen LogP contribution in [0.1, 0.15) is 25.3 Å². The lowest BCUT2D eigenvalue weighted by Gasteiger charge is -2.17. The van der Waals surface area contributed by atoms with Crippen LogP contribution in [0, 0.1) is 5.92 Å². The predicted octanol–water partition coefficient (Wildman–Crippen LogP) is 1.61. The summed E-state index contributed by atoms with van der Waals surface area (Å²) in [6.45, 7) is 0.356. The molecule has 2 amide bonds. The highest BCUT2D eigenvalue weighted by atomic mass is 16.5. The molecule has 1 N–H and O–H groups in total. The van der Waals surface area contributed by atoms with Crippen molar-refractivity contribution in [2.24, 2.45) is 5.92 Å². The molecular weight excluding hydrogens is 322 g/mol. The molecule has 0 radical (unpaired) electrons. The SMILES string of the molecule is COc1ccc(N2C[C@H](C(=O)Nc3nncn3C3CC3)CC2=O)cc1. The van der Waals surface area contributed by atoms with E-state index in [9.17, 15) is 9.59 Å². The van der Waals surface area contributed by atoms with Crippen LogP contribution < -0.4 is 15.0 Å². The lowest BCUT2D eigenvalue weighted by molar-refractivity contribution is -0.122. The Hall–Kier alpha value is -2.90. The average molecular weight is 341 g/mol. The minimum absolute atomic E-state index is 0.0611. The summed E-state index contributed by atoms with van der Waals surface area (Å²) in [5.41, 5.74) is 0.766. The van der Waals surface area contributed by atoms with Crippen LogP contribution in [0.25, 0.3) is 0 Å². The van der Waals surface area contributed by atoms with Crippen molar-refractivity contribution >= 4 is 23.5 Å². The Balaban J connectivity index is 1.43. The number of nitrogens with one attached hydrogen (secondary N) is 1. The smallest absolute Gasteiger partial charge is 0.232 e. The zero-order chi connectivity index (χ0) is 17.4. The zero-order valence-corrected chi connectivity index (χ0v) is 13.9. The van der Waals surface area contributed by atoms with Gasteiger partial charge in [-0.15, -0.1) is 10.2 Å². The molecule has 0 spiro atoms. The molecule has 1 saturated carbocycles. The number of carbonyl (C=O) groups is 2. The second-order valence-corrected chi connectivity index (χ2v) is 6.39. The van der Waals surface area contributed by atoms with Gasteiger partial charge in [-0.2, -0.15) is 0 Å². The molecule has 1 atom stereocenters. The van der Waals surface area contributed by atoms with E-state index in [0.29, 0.717) is 18.5 Å². The van der Waals surface area contributed by atoms with E-state index in [1.807, 2.05) is 16.7 Å². The molecule has 25 heavy (non-hydrogen) atoms. The van der Waals surface area contributed by atoms with Crippen molar-refractivity contribution in [1.82, 2.24) is 14.8 Å². The van der Waals surface area contributed by atoms with Gasteiger partial charge in [0.2, 0.25) is 17.8 Å². The van der Waals surface area contributed by atoms with Gasteiger partial charge in [0.25, 0.3) is 0 Å². The molecule has 1 aliphatic carbocycles. The van der Waals surface area contributed by atoms with Crippen molar-refractivity contribution in [3.05, 3.63) is 30.6 Å². The molecule has 8 heteroatoms. The van der Waals surface area contributed by atoms with Crippen LogP contribution in [-0.4, -0.2) is 40.2 Å². The summed E-state index contributed by atoms with van der Waals surface area (Å²) in [5, 5.41) is 10.7. The Bertz CT molecular complexity index is 797. The quantitative estimate of drug-likeness (QED) is 0.892. The van der Waals surface area contributed by atoms with E-state index in [1.165, 1.54) is 0 Å². The first-order chi connectivity index (χ1) is 12.2. The molecule has 0 bridgehead atoms. The Labute approximate surface area is 144 Å². The third-order valence-corrected chi connectivity index (χ3v) is 4.63. The van der Waals surface area contributed by atoms with E-state index in [0.717, 1.165) is 24.3 Å². The number of ether oxygens (including phenoxy) is 1. The van der Waals surface area contributed by atoms with Crippen molar-refractivity contribution in [3.8, 4) is 5.75 Å².